The molecule has 0 atom stereocenters. The summed E-state index contributed by atoms with van der Waals surface area (Å²) in [6, 6.07) is 15.7. The Bertz CT molecular complexity index is 1640. The summed E-state index contributed by atoms with van der Waals surface area (Å²) >= 11 is 0. The van der Waals surface area contributed by atoms with Gasteiger partial charge in [0.1, 0.15) is 5.82 Å². The molecular weight excluding hydrogens is 532 g/mol. The lowest BCUT2D eigenvalue weighted by Crippen LogP contribution is -2.22. The average Bonchev–Trinajstić information content (AvgIpc) is 3.24. The SMILES string of the molecule is C=CCn1c(Cc2ccc(C(F)(F)F)cc2F)cc2cc(C(=O)NCc3ccc(S(=O)(=O)CC)cc3)ccc21. The van der Waals surface area contributed by atoms with Crippen LogP contribution in [0.15, 0.2) is 84.3 Å². The second-order valence-corrected chi connectivity index (χ2v) is 11.3. The maximum Gasteiger partial charge on any atom is 0.416 e. The predicted molar refractivity (Wildman–Crippen MR) is 142 cm³/mol. The molecule has 1 amide bonds. The van der Waals surface area contributed by atoms with Gasteiger partial charge in [-0.1, -0.05) is 31.2 Å². The lowest BCUT2D eigenvalue weighted by atomic mass is 10.1. The Morgan fingerprint density at radius 1 is 1.03 bits per heavy atom. The summed E-state index contributed by atoms with van der Waals surface area (Å²) in [5.41, 5.74) is 1.61. The van der Waals surface area contributed by atoms with Crippen molar-refractivity contribution in [1.82, 2.24) is 9.88 Å². The highest BCUT2D eigenvalue weighted by atomic mass is 32.2. The zero-order valence-corrected chi connectivity index (χ0v) is 21.9. The molecule has 0 aliphatic rings. The van der Waals surface area contributed by atoms with Crippen molar-refractivity contribution in [3.05, 3.63) is 113 Å². The molecule has 0 radical (unpaired) electrons. The predicted octanol–water partition coefficient (Wildman–Crippen LogP) is 6.30. The molecule has 0 saturated heterocycles. The van der Waals surface area contributed by atoms with Gasteiger partial charge in [-0.3, -0.25) is 4.79 Å². The van der Waals surface area contributed by atoms with E-state index in [1.165, 1.54) is 12.1 Å². The summed E-state index contributed by atoms with van der Waals surface area (Å²) in [7, 11) is -3.31. The normalized spacial score (nSPS) is 12.0. The molecule has 0 spiro atoms. The van der Waals surface area contributed by atoms with Gasteiger partial charge in [-0.05, 0) is 59.7 Å². The van der Waals surface area contributed by atoms with Crippen LogP contribution >= 0.6 is 0 Å². The summed E-state index contributed by atoms with van der Waals surface area (Å²) in [5.74, 6) is -1.28. The largest absolute Gasteiger partial charge is 0.416 e. The van der Waals surface area contributed by atoms with Crippen molar-refractivity contribution in [2.24, 2.45) is 0 Å². The molecule has 4 aromatic rings. The van der Waals surface area contributed by atoms with Gasteiger partial charge >= 0.3 is 6.18 Å². The van der Waals surface area contributed by atoms with Crippen LogP contribution in [-0.4, -0.2) is 24.6 Å². The minimum absolute atomic E-state index is 0.00107. The molecule has 1 aromatic heterocycles. The number of allylic oxidation sites excluding steroid dienone is 1. The van der Waals surface area contributed by atoms with Crippen LogP contribution in [0.1, 0.15) is 39.7 Å². The second-order valence-electron chi connectivity index (χ2n) is 9.02. The third-order valence-corrected chi connectivity index (χ3v) is 8.18. The fraction of sp³-hybridized carbons (Fsp3) is 0.207. The molecule has 10 heteroatoms. The van der Waals surface area contributed by atoms with Gasteiger partial charge in [0.05, 0.1) is 16.2 Å². The molecule has 0 fully saturated rings. The van der Waals surface area contributed by atoms with Crippen molar-refractivity contribution in [1.29, 1.82) is 0 Å². The Kier molecular flexibility index (Phi) is 7.96. The van der Waals surface area contributed by atoms with Gasteiger partial charge in [0.25, 0.3) is 5.91 Å². The number of fused-ring (bicyclic) bond motifs is 1. The van der Waals surface area contributed by atoms with Gasteiger partial charge < -0.3 is 9.88 Å². The van der Waals surface area contributed by atoms with Gasteiger partial charge in [0, 0.05) is 41.7 Å². The van der Waals surface area contributed by atoms with E-state index in [-0.39, 0.29) is 35.1 Å². The lowest BCUT2D eigenvalue weighted by molar-refractivity contribution is -0.137. The van der Waals surface area contributed by atoms with Crippen LogP contribution in [0, 0.1) is 5.82 Å². The Labute approximate surface area is 223 Å². The topological polar surface area (TPSA) is 68.2 Å². The monoisotopic (exact) mass is 558 g/mol. The van der Waals surface area contributed by atoms with E-state index in [0.29, 0.717) is 29.3 Å². The fourth-order valence-electron chi connectivity index (χ4n) is 4.29. The first kappa shape index (κ1) is 28.1. The number of halogens is 4. The quantitative estimate of drug-likeness (QED) is 0.194. The molecule has 5 nitrogen and oxygen atoms in total. The number of sulfone groups is 1. The number of nitrogens with one attached hydrogen (secondary N) is 1. The number of amides is 1. The zero-order chi connectivity index (χ0) is 28.4. The van der Waals surface area contributed by atoms with E-state index in [2.05, 4.69) is 11.9 Å². The Morgan fingerprint density at radius 2 is 1.74 bits per heavy atom. The molecule has 0 aliphatic heterocycles. The Hall–Kier alpha value is -3.92. The minimum Gasteiger partial charge on any atom is -0.348 e. The number of rotatable bonds is 9. The van der Waals surface area contributed by atoms with E-state index in [0.717, 1.165) is 23.2 Å². The minimum atomic E-state index is -4.63. The van der Waals surface area contributed by atoms with Gasteiger partial charge in [-0.2, -0.15) is 13.2 Å². The first-order valence-corrected chi connectivity index (χ1v) is 13.8. The van der Waals surface area contributed by atoms with Gasteiger partial charge in [0.15, 0.2) is 9.84 Å². The van der Waals surface area contributed by atoms with E-state index in [9.17, 15) is 30.8 Å². The van der Waals surface area contributed by atoms with Crippen molar-refractivity contribution in [3.63, 3.8) is 0 Å². The number of benzene rings is 3. The molecule has 39 heavy (non-hydrogen) atoms. The highest BCUT2D eigenvalue weighted by Gasteiger charge is 2.31. The number of aromatic nitrogens is 1. The van der Waals surface area contributed by atoms with Crippen LogP contribution in [0.25, 0.3) is 10.9 Å². The van der Waals surface area contributed by atoms with Crippen LogP contribution in [0.3, 0.4) is 0 Å². The number of alkyl halides is 3. The summed E-state index contributed by atoms with van der Waals surface area (Å²) in [6.45, 7) is 5.90. The zero-order valence-electron chi connectivity index (χ0n) is 21.1. The molecule has 1 heterocycles. The van der Waals surface area contributed by atoms with Gasteiger partial charge in [-0.25, -0.2) is 12.8 Å². The van der Waals surface area contributed by atoms with Gasteiger partial charge in [-0.15, -0.1) is 6.58 Å². The highest BCUT2D eigenvalue weighted by molar-refractivity contribution is 7.91. The molecule has 204 valence electrons. The standard InChI is InChI=1S/C29H26F4N2O3S/c1-3-13-35-24(15-20-7-9-23(17-26(20)30)29(31,32)33)16-22-14-21(8-12-27(22)35)28(36)34-18-19-5-10-25(11-6-19)39(37,38)4-2/h3,5-12,14,16-17H,1,4,13,15,18H2,2H3,(H,34,36). The number of hydrogen-bond donors (Lipinski definition) is 1. The molecule has 0 bridgehead atoms. The van der Waals surface area contributed by atoms with Crippen LogP contribution in [0.5, 0.6) is 0 Å². The Morgan fingerprint density at radius 3 is 2.36 bits per heavy atom. The highest BCUT2D eigenvalue weighted by Crippen LogP contribution is 2.31. The lowest BCUT2D eigenvalue weighted by Gasteiger charge is -2.11. The van der Waals surface area contributed by atoms with Crippen LogP contribution in [0.4, 0.5) is 17.6 Å². The van der Waals surface area contributed by atoms with E-state index < -0.39 is 27.4 Å². The molecule has 4 rings (SSSR count). The maximum absolute atomic E-state index is 14.5. The van der Waals surface area contributed by atoms with E-state index in [4.69, 9.17) is 0 Å². The number of hydrogen-bond acceptors (Lipinski definition) is 3. The summed E-state index contributed by atoms with van der Waals surface area (Å²) in [6.07, 6.45) is -2.92. The van der Waals surface area contributed by atoms with E-state index in [1.807, 2.05) is 4.57 Å². The fourth-order valence-corrected chi connectivity index (χ4v) is 5.17. The van der Waals surface area contributed by atoms with Crippen molar-refractivity contribution in [2.75, 3.05) is 5.75 Å². The van der Waals surface area contributed by atoms with Crippen LogP contribution in [-0.2, 0) is 35.5 Å². The van der Waals surface area contributed by atoms with Crippen molar-refractivity contribution >= 4 is 26.6 Å². The maximum atomic E-state index is 14.5. The molecule has 0 aliphatic carbocycles. The number of carbonyl (C=O) groups excluding carboxylic acids is 1. The van der Waals surface area contributed by atoms with Crippen molar-refractivity contribution in [3.8, 4) is 0 Å². The summed E-state index contributed by atoms with van der Waals surface area (Å²) in [4.78, 5) is 13.1. The first-order chi connectivity index (χ1) is 18.4. The average molecular weight is 559 g/mol. The third kappa shape index (κ3) is 6.22. The first-order valence-electron chi connectivity index (χ1n) is 12.1. The molecular formula is C29H26F4N2O3S. The van der Waals surface area contributed by atoms with Crippen LogP contribution in [0.2, 0.25) is 0 Å². The Balaban J connectivity index is 1.54. The van der Waals surface area contributed by atoms with Crippen molar-refractivity contribution < 1.29 is 30.8 Å². The smallest absolute Gasteiger partial charge is 0.348 e. The van der Waals surface area contributed by atoms with Crippen LogP contribution < -0.4 is 5.32 Å². The number of nitrogens with zero attached hydrogens (tertiary/aromatic N) is 1. The van der Waals surface area contributed by atoms with E-state index >= 15 is 0 Å². The summed E-state index contributed by atoms with van der Waals surface area (Å²) in [5, 5.41) is 3.52. The molecule has 0 unspecified atom stereocenters. The van der Waals surface area contributed by atoms with Crippen molar-refractivity contribution in [2.45, 2.75) is 37.5 Å². The molecule has 1 N–H and O–H groups in total. The van der Waals surface area contributed by atoms with Gasteiger partial charge in [0.2, 0.25) is 0 Å². The molecule has 3 aromatic carbocycles. The van der Waals surface area contributed by atoms with E-state index in [1.54, 1.807) is 49.4 Å². The summed E-state index contributed by atoms with van der Waals surface area (Å²) < 4.78 is 79.1. The second kappa shape index (κ2) is 11.1. The number of carbonyl (C=O) groups is 1. The third-order valence-electron chi connectivity index (χ3n) is 6.43. The molecule has 0 saturated carbocycles.